The highest BCUT2D eigenvalue weighted by atomic mass is 19.3. The number of anilines is 3. The number of nitrogens with one attached hydrogen (secondary N) is 7. The molecule has 0 spiro atoms. The van der Waals surface area contributed by atoms with Gasteiger partial charge < -0.3 is 60.2 Å². The third-order valence-electron chi connectivity index (χ3n) is 15.8. The molecule has 7 heterocycles. The van der Waals surface area contributed by atoms with E-state index < -0.39 is 108 Å². The normalized spacial score (nSPS) is 19.4. The molecule has 5 atom stereocenters. The number of alkyl halides is 2. The van der Waals surface area contributed by atoms with Crippen molar-refractivity contribution in [3.63, 3.8) is 0 Å². The zero-order chi connectivity index (χ0) is 63.6. The molecule has 1 saturated carbocycles. The van der Waals surface area contributed by atoms with Gasteiger partial charge in [-0.2, -0.15) is 5.10 Å². The van der Waals surface area contributed by atoms with E-state index in [2.05, 4.69) is 52.3 Å². The largest absolute Gasteiger partial charge is 0.459 e. The number of carbonyl (C=O) groups excluding carboxylic acids is 9. The van der Waals surface area contributed by atoms with Crippen LogP contribution >= 0.6 is 0 Å². The van der Waals surface area contributed by atoms with E-state index in [1.807, 2.05) is 0 Å². The first-order valence-corrected chi connectivity index (χ1v) is 29.9. The smallest absolute Gasteiger partial charge is 0.323 e. The monoisotopic (exact) mass is 1250 g/mol. The predicted molar refractivity (Wildman–Crippen MR) is 316 cm³/mol. The minimum Gasteiger partial charge on any atom is -0.459 e. The summed E-state index contributed by atoms with van der Waals surface area (Å²) < 4.78 is 58.2. The lowest BCUT2D eigenvalue weighted by molar-refractivity contribution is -0.151. The van der Waals surface area contributed by atoms with Crippen LogP contribution in [-0.2, 0) is 54.3 Å². The number of esters is 1. The van der Waals surface area contributed by atoms with Crippen LogP contribution in [0.1, 0.15) is 115 Å². The van der Waals surface area contributed by atoms with E-state index in [0.29, 0.717) is 47.2 Å². The molecule has 4 fully saturated rings. The summed E-state index contributed by atoms with van der Waals surface area (Å²) in [6.07, 6.45) is 3.78. The highest BCUT2D eigenvalue weighted by Gasteiger charge is 2.48. The molecule has 0 bridgehead atoms. The molecular formula is C61H71F2N13O14. The molecule has 7 N–H and O–H groups in total. The maximum absolute atomic E-state index is 14.6. The van der Waals surface area contributed by atoms with Gasteiger partial charge in [-0.05, 0) is 91.9 Å². The average molecular weight is 1250 g/mol. The second kappa shape index (κ2) is 28.6. The van der Waals surface area contributed by atoms with Crippen LogP contribution in [0, 0.1) is 11.3 Å². The number of ether oxygens (including phenoxy) is 4. The molecular weight excluding hydrogens is 1180 g/mol. The Bertz CT molecular complexity index is 3490. The number of oxazole rings is 1. The molecule has 5 aromatic rings. The zero-order valence-corrected chi connectivity index (χ0v) is 49.9. The zero-order valence-electron chi connectivity index (χ0n) is 49.9. The number of hydrogen-bond donors (Lipinski definition) is 7. The van der Waals surface area contributed by atoms with Crippen LogP contribution < -0.4 is 37.2 Å². The van der Waals surface area contributed by atoms with Gasteiger partial charge in [-0.1, -0.05) is 39.0 Å². The number of aromatic nitrogens is 4. The van der Waals surface area contributed by atoms with Crippen LogP contribution in [-0.4, -0.2) is 179 Å². The quantitative estimate of drug-likeness (QED) is 0.0212. The van der Waals surface area contributed by atoms with E-state index in [1.165, 1.54) is 21.8 Å². The van der Waals surface area contributed by atoms with Gasteiger partial charge in [-0.15, -0.1) is 0 Å². The molecule has 1 aliphatic carbocycles. The van der Waals surface area contributed by atoms with Gasteiger partial charge in [-0.3, -0.25) is 53.4 Å². The number of piperidine rings is 1. The van der Waals surface area contributed by atoms with E-state index in [-0.39, 0.29) is 100 Å². The Labute approximate surface area is 515 Å². The third kappa shape index (κ3) is 15.7. The first-order valence-electron chi connectivity index (χ1n) is 29.9. The maximum Gasteiger partial charge on any atom is 0.323 e. The molecule has 3 aromatic heterocycles. The minimum atomic E-state index is -3.06. The maximum atomic E-state index is 14.6. The average Bonchev–Trinajstić information content (AvgIpc) is 1.63. The van der Waals surface area contributed by atoms with Crippen LogP contribution in [0.2, 0.25) is 0 Å². The molecule has 478 valence electrons. The molecule has 10 rings (SSSR count). The molecule has 2 aromatic carbocycles. The van der Waals surface area contributed by atoms with Crippen molar-refractivity contribution in [3.8, 4) is 17.1 Å². The number of carbonyl (C=O) groups is 9. The van der Waals surface area contributed by atoms with Gasteiger partial charge in [0.25, 0.3) is 24.1 Å². The van der Waals surface area contributed by atoms with Crippen molar-refractivity contribution in [2.24, 2.45) is 11.3 Å². The lowest BCUT2D eigenvalue weighted by atomic mass is 9.85. The third-order valence-corrected chi connectivity index (χ3v) is 15.8. The number of nitrogens with zero attached hydrogens (tertiary/aromatic N) is 6. The lowest BCUT2D eigenvalue weighted by Crippen LogP contribution is -2.58. The lowest BCUT2D eigenvalue weighted by Gasteiger charge is -2.35. The topological polar surface area (TPSA) is 338 Å². The molecule has 3 saturated heterocycles. The van der Waals surface area contributed by atoms with Gasteiger partial charge >= 0.3 is 5.97 Å². The summed E-state index contributed by atoms with van der Waals surface area (Å²) in [6.45, 7) is 7.11. The summed E-state index contributed by atoms with van der Waals surface area (Å²) in [4.78, 5) is 130. The number of imide groups is 2. The van der Waals surface area contributed by atoms with Crippen molar-refractivity contribution in [2.45, 2.75) is 109 Å². The van der Waals surface area contributed by atoms with E-state index in [1.54, 1.807) is 75.5 Å². The Kier molecular flexibility index (Phi) is 20.3. The van der Waals surface area contributed by atoms with Crippen LogP contribution in [0.3, 0.4) is 0 Å². The highest BCUT2D eigenvalue weighted by Crippen LogP contribution is 2.34. The predicted octanol–water partition coefficient (Wildman–Crippen LogP) is 3.91. The second-order valence-electron chi connectivity index (χ2n) is 23.5. The number of likely N-dealkylation sites (tertiary alicyclic amines) is 1. The molecule has 90 heavy (non-hydrogen) atoms. The summed E-state index contributed by atoms with van der Waals surface area (Å²) in [7, 11) is 0. The first kappa shape index (κ1) is 63.9. The second-order valence-corrected chi connectivity index (χ2v) is 23.5. The van der Waals surface area contributed by atoms with Gasteiger partial charge in [0, 0.05) is 49.9 Å². The van der Waals surface area contributed by atoms with Crippen molar-refractivity contribution < 1.29 is 75.3 Å². The molecule has 29 heteroatoms. The fourth-order valence-corrected chi connectivity index (χ4v) is 10.8. The summed E-state index contributed by atoms with van der Waals surface area (Å²) in [5.41, 5.74) is 0.238. The van der Waals surface area contributed by atoms with E-state index >= 15 is 0 Å². The fourth-order valence-electron chi connectivity index (χ4n) is 10.8. The molecule has 4 aliphatic heterocycles. The van der Waals surface area contributed by atoms with Crippen LogP contribution in [0.25, 0.3) is 17.1 Å². The van der Waals surface area contributed by atoms with Crippen molar-refractivity contribution in [1.29, 1.82) is 0 Å². The van der Waals surface area contributed by atoms with Gasteiger partial charge in [-0.25, -0.2) is 23.4 Å². The minimum absolute atomic E-state index is 0.0100. The van der Waals surface area contributed by atoms with E-state index in [0.717, 1.165) is 37.0 Å². The standard InChI is InChI=1S/C61H71F2N13O14/c1-61(2,3)51(71-48(78)33-88-25-24-87-23-22-86-21-20-65-40-7-4-6-39-49(40)58(83)76(57(39)82)44-15-16-47(77)72-55(44)81)59(84)74-30-38(90-60(85)41-8-5-18-64-41)27-45(74)54(80)68-29-35-11-13-37(14-12-35)75-31-42(50(73-75)52(62)63)69-53(79)43-32-89-56(70-43)36-17-19-66-46(26-36)67-28-34-9-10-34/h4,6-7,11-14,17,19,26,31-32,34,38,41,44-45,51-52,64-65H,5,8-10,15-16,18,20-25,27-30,33H2,1-3H3,(H,66,67)(H,68,80)(H,69,79)(H,71,78)(H,72,77,81)/t38-,41+,44?,45+,51?/m1/s1. The summed E-state index contributed by atoms with van der Waals surface area (Å²) in [5, 5.41) is 23.8. The number of hydrogen-bond acceptors (Lipinski definition) is 20. The van der Waals surface area contributed by atoms with E-state index in [9.17, 15) is 51.9 Å². The Balaban J connectivity index is 0.679. The van der Waals surface area contributed by atoms with Gasteiger partial charge in [0.15, 0.2) is 11.4 Å². The molecule has 2 unspecified atom stereocenters. The van der Waals surface area contributed by atoms with Crippen LogP contribution in [0.4, 0.5) is 26.0 Å². The van der Waals surface area contributed by atoms with Gasteiger partial charge in [0.1, 0.15) is 49.0 Å². The SMILES string of the molecule is CC(C)(C)C(NC(=O)COCCOCCOCCNc1cccc2c1C(=O)N(C1CCC(=O)NC1=O)C2=O)C(=O)N1C[C@H](OC(=O)[C@@H]2CCCN2)C[C@H]1C(=O)NCc1ccc(-n2cc(NC(=O)c3coc(-c4ccnc(NCC5CC5)c4)n3)c(C(F)F)n2)cc1. The molecule has 27 nitrogen and oxygen atoms in total. The fraction of sp³-hybridized carbons (Fsp3) is 0.475. The molecule has 5 aliphatic rings. The molecule has 0 radical (unpaired) electrons. The summed E-state index contributed by atoms with van der Waals surface area (Å²) in [6, 6.07) is 10.8. The molecule has 8 amide bonds. The van der Waals surface area contributed by atoms with Crippen LogP contribution in [0.15, 0.2) is 77.7 Å². The van der Waals surface area contributed by atoms with Crippen molar-refractivity contribution >= 4 is 70.4 Å². The van der Waals surface area contributed by atoms with Crippen LogP contribution in [0.5, 0.6) is 0 Å². The Morgan fingerprint density at radius 3 is 2.37 bits per heavy atom. The number of halogens is 2. The summed E-state index contributed by atoms with van der Waals surface area (Å²) >= 11 is 0. The number of benzene rings is 2. The Morgan fingerprint density at radius 1 is 0.878 bits per heavy atom. The number of pyridine rings is 1. The van der Waals surface area contributed by atoms with Crippen molar-refractivity contribution in [2.75, 3.05) is 81.8 Å². The number of fused-ring (bicyclic) bond motifs is 1. The van der Waals surface area contributed by atoms with Crippen molar-refractivity contribution in [3.05, 3.63) is 101 Å². The first-order chi connectivity index (χ1) is 43.3. The van der Waals surface area contributed by atoms with Gasteiger partial charge in [0.2, 0.25) is 35.4 Å². The Hall–Kier alpha value is -9.06. The van der Waals surface area contributed by atoms with Gasteiger partial charge in [0.05, 0.1) is 68.3 Å². The summed E-state index contributed by atoms with van der Waals surface area (Å²) in [5.74, 6) is -4.05. The number of rotatable bonds is 28. The highest BCUT2D eigenvalue weighted by molar-refractivity contribution is 6.25. The number of amides is 8. The Morgan fingerprint density at radius 2 is 1.64 bits per heavy atom. The van der Waals surface area contributed by atoms with Crippen molar-refractivity contribution in [1.82, 2.24) is 50.8 Å². The van der Waals surface area contributed by atoms with E-state index in [4.69, 9.17) is 23.4 Å².